The third kappa shape index (κ3) is 3.38. The Hall–Kier alpha value is -2.95. The van der Waals surface area contributed by atoms with Crippen molar-refractivity contribution in [3.05, 3.63) is 77.4 Å². The monoisotopic (exact) mass is 351 g/mol. The van der Waals surface area contributed by atoms with Crippen LogP contribution in [0.25, 0.3) is 5.69 Å². The number of aromatic nitrogens is 2. The number of anilines is 1. The number of nitrogens with zero attached hydrogens (tertiary/aromatic N) is 2. The fourth-order valence-corrected chi connectivity index (χ4v) is 2.90. The highest BCUT2D eigenvalue weighted by Crippen LogP contribution is 2.26. The lowest BCUT2D eigenvalue weighted by atomic mass is 9.83. The maximum atomic E-state index is 14.6. The summed E-state index contributed by atoms with van der Waals surface area (Å²) in [6.07, 6.45) is 0. The SMILES string of the molecule is Cc1cc(C)n(-c2ccc(NC(=O)C(C)(C)c3ccccc3)cc2F)n1. The molecule has 0 aliphatic heterocycles. The minimum absolute atomic E-state index is 0.193. The fourth-order valence-electron chi connectivity index (χ4n) is 2.90. The number of aryl methyl sites for hydroxylation is 2. The van der Waals surface area contributed by atoms with Crippen LogP contribution in [0, 0.1) is 19.7 Å². The Bertz CT molecular complexity index is 945. The molecule has 1 amide bonds. The molecule has 2 aromatic carbocycles. The van der Waals surface area contributed by atoms with E-state index in [4.69, 9.17) is 0 Å². The molecule has 0 spiro atoms. The first kappa shape index (κ1) is 17.9. The fraction of sp³-hybridized carbons (Fsp3) is 0.238. The molecular weight excluding hydrogens is 329 g/mol. The quantitative estimate of drug-likeness (QED) is 0.750. The zero-order chi connectivity index (χ0) is 18.9. The molecule has 4 nitrogen and oxygen atoms in total. The summed E-state index contributed by atoms with van der Waals surface area (Å²) in [5, 5.41) is 7.11. The number of nitrogens with one attached hydrogen (secondary N) is 1. The zero-order valence-electron chi connectivity index (χ0n) is 15.4. The Labute approximate surface area is 152 Å². The van der Waals surface area contributed by atoms with Crippen LogP contribution in [0.15, 0.2) is 54.6 Å². The lowest BCUT2D eigenvalue weighted by Gasteiger charge is -2.24. The number of amides is 1. The van der Waals surface area contributed by atoms with Crippen molar-refractivity contribution in [2.75, 3.05) is 5.32 Å². The summed E-state index contributed by atoms with van der Waals surface area (Å²) >= 11 is 0. The van der Waals surface area contributed by atoms with Crippen LogP contribution in [0.3, 0.4) is 0 Å². The van der Waals surface area contributed by atoms with Gasteiger partial charge < -0.3 is 5.32 Å². The topological polar surface area (TPSA) is 46.9 Å². The maximum Gasteiger partial charge on any atom is 0.234 e. The van der Waals surface area contributed by atoms with Gasteiger partial charge in [0.05, 0.1) is 11.1 Å². The van der Waals surface area contributed by atoms with Crippen LogP contribution >= 0.6 is 0 Å². The van der Waals surface area contributed by atoms with Crippen molar-refractivity contribution in [3.63, 3.8) is 0 Å². The van der Waals surface area contributed by atoms with Gasteiger partial charge >= 0.3 is 0 Å². The summed E-state index contributed by atoms with van der Waals surface area (Å²) < 4.78 is 16.1. The van der Waals surface area contributed by atoms with Crippen LogP contribution in [0.2, 0.25) is 0 Å². The molecule has 0 unspecified atom stereocenters. The van der Waals surface area contributed by atoms with Crippen LogP contribution in [0.4, 0.5) is 10.1 Å². The summed E-state index contributed by atoms with van der Waals surface area (Å²) in [7, 11) is 0. The minimum atomic E-state index is -0.730. The number of hydrogen-bond acceptors (Lipinski definition) is 2. The Kier molecular flexibility index (Phi) is 4.64. The largest absolute Gasteiger partial charge is 0.325 e. The summed E-state index contributed by atoms with van der Waals surface area (Å²) in [5.41, 5.74) is 2.62. The number of carbonyl (C=O) groups is 1. The van der Waals surface area contributed by atoms with Crippen molar-refractivity contribution in [3.8, 4) is 5.69 Å². The molecule has 1 N–H and O–H groups in total. The Morgan fingerprint density at radius 3 is 2.35 bits per heavy atom. The second-order valence-electron chi connectivity index (χ2n) is 6.95. The smallest absolute Gasteiger partial charge is 0.234 e. The summed E-state index contributed by atoms with van der Waals surface area (Å²) in [6, 6.07) is 16.0. The molecule has 0 aliphatic rings. The summed E-state index contributed by atoms with van der Waals surface area (Å²) in [6.45, 7) is 7.43. The van der Waals surface area contributed by atoms with E-state index in [1.165, 1.54) is 6.07 Å². The van der Waals surface area contributed by atoms with Crippen molar-refractivity contribution in [1.29, 1.82) is 0 Å². The zero-order valence-corrected chi connectivity index (χ0v) is 15.4. The molecule has 134 valence electrons. The number of benzene rings is 2. The van der Waals surface area contributed by atoms with Crippen LogP contribution in [-0.2, 0) is 10.2 Å². The molecule has 26 heavy (non-hydrogen) atoms. The molecule has 1 aromatic heterocycles. The van der Waals surface area contributed by atoms with Gasteiger partial charge in [0.1, 0.15) is 5.69 Å². The van der Waals surface area contributed by atoms with Crippen molar-refractivity contribution in [2.45, 2.75) is 33.1 Å². The van der Waals surface area contributed by atoms with E-state index >= 15 is 0 Å². The third-order valence-electron chi connectivity index (χ3n) is 4.51. The number of rotatable bonds is 4. The molecule has 0 fully saturated rings. The van der Waals surface area contributed by atoms with Gasteiger partial charge in [-0.05, 0) is 57.5 Å². The molecule has 3 rings (SSSR count). The minimum Gasteiger partial charge on any atom is -0.325 e. The number of hydrogen-bond donors (Lipinski definition) is 1. The standard InChI is InChI=1S/C21H22FN3O/c1-14-12-15(2)25(24-14)19-11-10-17(13-18(19)22)23-20(26)21(3,4)16-8-6-5-7-9-16/h5-13H,1-4H3,(H,23,26). The predicted molar refractivity (Wildman–Crippen MR) is 101 cm³/mol. The molecule has 3 aromatic rings. The molecule has 0 atom stereocenters. The first-order chi connectivity index (χ1) is 12.3. The first-order valence-corrected chi connectivity index (χ1v) is 8.49. The molecule has 0 radical (unpaired) electrons. The van der Waals surface area contributed by atoms with Crippen LogP contribution < -0.4 is 5.32 Å². The number of halogens is 1. The van der Waals surface area contributed by atoms with Gasteiger partial charge in [0.2, 0.25) is 5.91 Å². The highest BCUT2D eigenvalue weighted by molar-refractivity contribution is 5.98. The Morgan fingerprint density at radius 1 is 1.08 bits per heavy atom. The van der Waals surface area contributed by atoms with E-state index in [9.17, 15) is 9.18 Å². The van der Waals surface area contributed by atoms with Crippen LogP contribution in [0.1, 0.15) is 30.8 Å². The van der Waals surface area contributed by atoms with Gasteiger partial charge in [-0.25, -0.2) is 9.07 Å². The molecule has 0 saturated heterocycles. The van der Waals surface area contributed by atoms with E-state index in [2.05, 4.69) is 10.4 Å². The molecular formula is C21H22FN3O. The van der Waals surface area contributed by atoms with E-state index in [0.29, 0.717) is 11.4 Å². The molecule has 0 saturated carbocycles. The van der Waals surface area contributed by atoms with Gasteiger partial charge in [0.15, 0.2) is 5.82 Å². The predicted octanol–water partition coefficient (Wildman–Crippen LogP) is 4.54. The van der Waals surface area contributed by atoms with Crippen molar-refractivity contribution in [1.82, 2.24) is 9.78 Å². The normalized spacial score (nSPS) is 11.4. The molecule has 5 heteroatoms. The molecule has 0 aliphatic carbocycles. The van der Waals surface area contributed by atoms with Crippen LogP contribution in [-0.4, -0.2) is 15.7 Å². The van der Waals surface area contributed by atoms with E-state index in [1.807, 2.05) is 64.1 Å². The van der Waals surface area contributed by atoms with Gasteiger partial charge in [0.25, 0.3) is 0 Å². The Morgan fingerprint density at radius 2 is 1.77 bits per heavy atom. The average Bonchev–Trinajstić information content (AvgIpc) is 2.94. The van der Waals surface area contributed by atoms with Crippen LogP contribution in [0.5, 0.6) is 0 Å². The van der Waals surface area contributed by atoms with E-state index in [0.717, 1.165) is 17.0 Å². The van der Waals surface area contributed by atoms with E-state index in [1.54, 1.807) is 16.8 Å². The second-order valence-corrected chi connectivity index (χ2v) is 6.95. The maximum absolute atomic E-state index is 14.6. The molecule has 0 bridgehead atoms. The lowest BCUT2D eigenvalue weighted by Crippen LogP contribution is -2.34. The van der Waals surface area contributed by atoms with E-state index < -0.39 is 11.2 Å². The van der Waals surface area contributed by atoms with Gasteiger partial charge in [-0.2, -0.15) is 5.10 Å². The van der Waals surface area contributed by atoms with Gasteiger partial charge in [0, 0.05) is 11.4 Å². The van der Waals surface area contributed by atoms with E-state index in [-0.39, 0.29) is 5.91 Å². The average molecular weight is 351 g/mol. The van der Waals surface area contributed by atoms with Gasteiger partial charge in [-0.1, -0.05) is 30.3 Å². The first-order valence-electron chi connectivity index (χ1n) is 8.49. The van der Waals surface area contributed by atoms with Crippen molar-refractivity contribution < 1.29 is 9.18 Å². The Balaban J connectivity index is 1.84. The van der Waals surface area contributed by atoms with Gasteiger partial charge in [-0.3, -0.25) is 4.79 Å². The van der Waals surface area contributed by atoms with Gasteiger partial charge in [-0.15, -0.1) is 0 Å². The summed E-state index contributed by atoms with van der Waals surface area (Å²) in [4.78, 5) is 12.7. The third-order valence-corrected chi connectivity index (χ3v) is 4.51. The highest BCUT2D eigenvalue weighted by Gasteiger charge is 2.29. The highest BCUT2D eigenvalue weighted by atomic mass is 19.1. The summed E-state index contributed by atoms with van der Waals surface area (Å²) in [5.74, 6) is -0.631. The second kappa shape index (κ2) is 6.75. The van der Waals surface area contributed by atoms with Crippen molar-refractivity contribution in [2.24, 2.45) is 0 Å². The lowest BCUT2D eigenvalue weighted by molar-refractivity contribution is -0.120. The number of carbonyl (C=O) groups excluding carboxylic acids is 1. The molecule has 1 heterocycles. The van der Waals surface area contributed by atoms with Crippen molar-refractivity contribution >= 4 is 11.6 Å².